The molecule has 4 bridgehead atoms. The highest BCUT2D eigenvalue weighted by molar-refractivity contribution is 6.00. The molecular weight excluding hydrogens is 859 g/mol. The number of hydrogen-bond donors (Lipinski definition) is 8. The third-order valence-electron chi connectivity index (χ3n) is 11.2. The van der Waals surface area contributed by atoms with E-state index in [0.29, 0.717) is 22.8 Å². The number of rotatable bonds is 15. The largest absolute Gasteiger partial charge is 0.507 e. The van der Waals surface area contributed by atoms with Gasteiger partial charge in [-0.1, -0.05) is 51.1 Å². The average Bonchev–Trinajstić information content (AvgIpc) is 3.28. The van der Waals surface area contributed by atoms with Gasteiger partial charge >= 0.3 is 0 Å². The van der Waals surface area contributed by atoms with Gasteiger partial charge in [-0.15, -0.1) is 0 Å². The number of ether oxygens (including phenoxy) is 2. The summed E-state index contributed by atoms with van der Waals surface area (Å²) in [6.07, 6.45) is -0.127. The van der Waals surface area contributed by atoms with E-state index in [1.54, 1.807) is 32.0 Å². The molecule has 0 aliphatic carbocycles. The number of aromatic nitrogens is 2. The quantitative estimate of drug-likeness (QED) is 0.0791. The van der Waals surface area contributed by atoms with Crippen LogP contribution in [0.25, 0.3) is 22.5 Å². The fourth-order valence-corrected chi connectivity index (χ4v) is 7.71. The maximum Gasteiger partial charge on any atom is 0.255 e. The summed E-state index contributed by atoms with van der Waals surface area (Å²) in [5, 5.41) is 31.2. The van der Waals surface area contributed by atoms with E-state index in [0.717, 1.165) is 16.0 Å². The molecule has 0 fully saturated rings. The van der Waals surface area contributed by atoms with Gasteiger partial charge in [0.25, 0.3) is 5.91 Å². The van der Waals surface area contributed by atoms with Crippen LogP contribution in [0.3, 0.4) is 0 Å². The van der Waals surface area contributed by atoms with Crippen LogP contribution in [-0.4, -0.2) is 114 Å². The third-order valence-corrected chi connectivity index (χ3v) is 11.2. The Morgan fingerprint density at radius 1 is 0.925 bits per heavy atom. The second-order valence-electron chi connectivity index (χ2n) is 17.3. The predicted octanol–water partition coefficient (Wildman–Crippen LogP) is 1.94. The molecule has 1 unspecified atom stereocenters. The Hall–Kier alpha value is -7.14. The van der Waals surface area contributed by atoms with Crippen LogP contribution in [0.4, 0.5) is 0 Å². The van der Waals surface area contributed by atoms with Gasteiger partial charge in [0.2, 0.25) is 23.6 Å². The van der Waals surface area contributed by atoms with E-state index in [1.165, 1.54) is 26.1 Å². The Bertz CT molecular complexity index is 2500. The summed E-state index contributed by atoms with van der Waals surface area (Å²) < 4.78 is 12.2. The Kier molecular flexibility index (Phi) is 17.0. The molecule has 19 heteroatoms. The second-order valence-corrected chi connectivity index (χ2v) is 17.3. The minimum Gasteiger partial charge on any atom is -0.507 e. The van der Waals surface area contributed by atoms with Crippen LogP contribution in [0, 0.1) is 25.2 Å². The van der Waals surface area contributed by atoms with Gasteiger partial charge < -0.3 is 57.9 Å². The minimum atomic E-state index is -1.54. The molecular formula is C48H61N11O8. The fourth-order valence-electron chi connectivity index (χ4n) is 7.71. The first-order valence-electron chi connectivity index (χ1n) is 22.0. The van der Waals surface area contributed by atoms with E-state index < -0.39 is 53.7 Å². The molecule has 4 aromatic rings. The number of phenols is 1. The smallest absolute Gasteiger partial charge is 0.255 e. The highest BCUT2D eigenvalue weighted by Gasteiger charge is 2.37. The van der Waals surface area contributed by atoms with Crippen LogP contribution in [0.15, 0.2) is 54.6 Å². The number of nitrogens with two attached hydrogens (primary N) is 3. The number of carbonyl (C=O) groups excluding carboxylic acids is 5. The highest BCUT2D eigenvalue weighted by atomic mass is 16.5. The number of phenolic OH excluding ortho intramolecular Hbond substituents is 1. The average molecular weight is 920 g/mol. The molecule has 67 heavy (non-hydrogen) atoms. The zero-order valence-corrected chi connectivity index (χ0v) is 39.0. The van der Waals surface area contributed by atoms with Crippen LogP contribution in [0.2, 0.25) is 0 Å². The van der Waals surface area contributed by atoms with Crippen molar-refractivity contribution in [2.45, 2.75) is 84.0 Å². The van der Waals surface area contributed by atoms with Crippen LogP contribution < -0.4 is 47.9 Å². The Labute approximate surface area is 390 Å². The summed E-state index contributed by atoms with van der Waals surface area (Å²) >= 11 is 0. The predicted molar refractivity (Wildman–Crippen MR) is 251 cm³/mol. The zero-order valence-electron chi connectivity index (χ0n) is 39.0. The summed E-state index contributed by atoms with van der Waals surface area (Å²) in [4.78, 5) is 81.2. The molecule has 11 N–H and O–H groups in total. The zero-order chi connectivity index (χ0) is 49.2. The van der Waals surface area contributed by atoms with E-state index in [1.807, 2.05) is 30.3 Å². The monoisotopic (exact) mass is 919 g/mol. The molecule has 356 valence electrons. The van der Waals surface area contributed by atoms with Crippen molar-refractivity contribution in [3.8, 4) is 45.8 Å². The van der Waals surface area contributed by atoms with Gasteiger partial charge in [0, 0.05) is 43.2 Å². The summed E-state index contributed by atoms with van der Waals surface area (Å²) in [6.45, 7) is 10.9. The molecule has 0 spiro atoms. The van der Waals surface area contributed by atoms with E-state index in [-0.39, 0.29) is 97.2 Å². The third kappa shape index (κ3) is 12.2. The number of nitriles is 1. The number of aromatic hydroxyl groups is 1. The Morgan fingerprint density at radius 2 is 1.58 bits per heavy atom. The lowest BCUT2D eigenvalue weighted by molar-refractivity contribution is -0.141. The Balaban J connectivity index is 1.61. The maximum atomic E-state index is 14.8. The van der Waals surface area contributed by atoms with Crippen LogP contribution in [0.5, 0.6) is 17.2 Å². The standard InChI is InChI=1S/C48H61N11O8/c1-26-39(27(2)55-42(54-26)30-9-11-32(12-10-30)48(4,5)6)45(63)57-35(14-15-49)47(65)59(7)40-31-24-34(41(67-21-18-52)38(25-31)66-20-17-51)33-22-29(8-13-37(33)60)23-36(44(62)53-19-16-50)58-43(61)28(3)56-46(40)64/h8-13,22,24-25,28,35-36,40,60H,14-15,17-21,23,49,51-52H2,1-7H3,(H,53,62)(H,56,64)(H,57,63)(H,58,61)/t28-,35?,36-,40-/m0/s1. The molecule has 4 atom stereocenters. The first kappa shape index (κ1) is 50.9. The Morgan fingerprint density at radius 3 is 2.19 bits per heavy atom. The van der Waals surface area contributed by atoms with Crippen molar-refractivity contribution in [1.82, 2.24) is 36.1 Å². The van der Waals surface area contributed by atoms with E-state index >= 15 is 0 Å². The van der Waals surface area contributed by atoms with Crippen molar-refractivity contribution in [2.75, 3.05) is 46.4 Å². The van der Waals surface area contributed by atoms with Crippen LogP contribution in [-0.2, 0) is 31.0 Å². The fraction of sp³-hybridized carbons (Fsp3) is 0.417. The molecule has 19 nitrogen and oxygen atoms in total. The van der Waals surface area contributed by atoms with Crippen molar-refractivity contribution >= 4 is 29.5 Å². The molecule has 3 aromatic carbocycles. The summed E-state index contributed by atoms with van der Waals surface area (Å²) in [7, 11) is 1.36. The minimum absolute atomic E-state index is 0.00611. The highest BCUT2D eigenvalue weighted by Crippen LogP contribution is 2.45. The lowest BCUT2D eigenvalue weighted by atomic mass is 9.86. The number of benzene rings is 3. The van der Waals surface area contributed by atoms with Gasteiger partial charge in [-0.2, -0.15) is 5.26 Å². The van der Waals surface area contributed by atoms with E-state index in [4.69, 9.17) is 31.9 Å². The van der Waals surface area contributed by atoms with Crippen LogP contribution >= 0.6 is 0 Å². The summed E-state index contributed by atoms with van der Waals surface area (Å²) in [5.74, 6) is -3.20. The van der Waals surface area contributed by atoms with Crippen LogP contribution in [0.1, 0.15) is 78.6 Å². The SMILES string of the molecule is Cc1nc(-c2ccc(C(C)(C)C)cc2)nc(C)c1C(=O)NC(CCN)C(=O)N(C)[C@@H]1C(=O)N[C@@H](C)C(=O)N[C@H](C(=O)NCC#N)Cc2ccc(O)c(c2)-c2cc1cc(OCCN)c2OCCN. The molecule has 2 heterocycles. The lowest BCUT2D eigenvalue weighted by Gasteiger charge is -2.33. The number of nitrogens with zero attached hydrogens (tertiary/aromatic N) is 4. The molecule has 0 saturated carbocycles. The molecule has 1 aliphatic rings. The summed E-state index contributed by atoms with van der Waals surface area (Å²) in [5.41, 5.74) is 21.5. The van der Waals surface area contributed by atoms with Crippen molar-refractivity contribution in [3.63, 3.8) is 0 Å². The lowest BCUT2D eigenvalue weighted by Crippen LogP contribution is -2.56. The van der Waals surface area contributed by atoms with Crippen molar-refractivity contribution in [3.05, 3.63) is 88.2 Å². The topological polar surface area (TPSA) is 303 Å². The number of aryl methyl sites for hydroxylation is 2. The molecule has 0 saturated heterocycles. The van der Waals surface area contributed by atoms with E-state index in [9.17, 15) is 29.1 Å². The molecule has 1 aromatic heterocycles. The second kappa shape index (κ2) is 22.4. The van der Waals surface area contributed by atoms with Crippen molar-refractivity contribution in [2.24, 2.45) is 17.2 Å². The van der Waals surface area contributed by atoms with Crippen molar-refractivity contribution < 1.29 is 38.6 Å². The van der Waals surface area contributed by atoms with E-state index in [2.05, 4.69) is 52.0 Å². The number of carbonyl (C=O) groups is 5. The van der Waals surface area contributed by atoms with Gasteiger partial charge in [0.15, 0.2) is 17.3 Å². The first-order valence-corrected chi connectivity index (χ1v) is 22.0. The molecule has 0 radical (unpaired) electrons. The first-order chi connectivity index (χ1) is 31.8. The number of amides is 5. The number of likely N-dealkylation sites (N-methyl/N-ethyl adjacent to an activating group) is 1. The summed E-state index contributed by atoms with van der Waals surface area (Å²) in [6, 6.07) is 12.0. The number of nitrogens with one attached hydrogen (secondary N) is 4. The molecule has 5 amide bonds. The van der Waals surface area contributed by atoms with Gasteiger partial charge in [0.1, 0.15) is 49.7 Å². The molecule has 1 aliphatic heterocycles. The van der Waals surface area contributed by atoms with Crippen molar-refractivity contribution in [1.29, 1.82) is 5.26 Å². The van der Waals surface area contributed by atoms with Gasteiger partial charge in [-0.05, 0) is 80.1 Å². The van der Waals surface area contributed by atoms with Gasteiger partial charge in [0.05, 0.1) is 23.0 Å². The van der Waals surface area contributed by atoms with Gasteiger partial charge in [-0.25, -0.2) is 9.97 Å². The maximum absolute atomic E-state index is 14.8. The normalized spacial score (nSPS) is 16.6. The number of fused-ring (bicyclic) bond motifs is 5. The molecule has 5 rings (SSSR count). The number of hydrogen-bond acceptors (Lipinski definition) is 14. The van der Waals surface area contributed by atoms with Gasteiger partial charge in [-0.3, -0.25) is 24.0 Å².